The average Bonchev–Trinajstić information content (AvgIpc) is 2.92. The van der Waals surface area contributed by atoms with Crippen LogP contribution in [0.5, 0.6) is 11.5 Å². The van der Waals surface area contributed by atoms with E-state index in [1.807, 2.05) is 0 Å². The summed E-state index contributed by atoms with van der Waals surface area (Å²) < 4.78 is 38.3. The Bertz CT molecular complexity index is 795. The van der Waals surface area contributed by atoms with Crippen LogP contribution in [-0.4, -0.2) is 23.3 Å². The first-order chi connectivity index (χ1) is 11.3. The van der Waals surface area contributed by atoms with Crippen LogP contribution in [0.3, 0.4) is 0 Å². The molecule has 0 saturated heterocycles. The van der Waals surface area contributed by atoms with Gasteiger partial charge in [0.1, 0.15) is 23.1 Å². The van der Waals surface area contributed by atoms with E-state index in [0.717, 1.165) is 11.6 Å². The molecule has 0 saturated carbocycles. The second-order valence-corrected chi connectivity index (χ2v) is 6.13. The molecule has 1 heterocycles. The van der Waals surface area contributed by atoms with Crippen LogP contribution in [0.1, 0.15) is 19.4 Å². The summed E-state index contributed by atoms with van der Waals surface area (Å²) in [6.07, 6.45) is 0.669. The monoisotopic (exact) mass is 334 g/mol. The second kappa shape index (κ2) is 5.78. The fourth-order valence-corrected chi connectivity index (χ4v) is 2.54. The van der Waals surface area contributed by atoms with Crippen molar-refractivity contribution in [1.29, 1.82) is 0 Å². The van der Waals surface area contributed by atoms with Crippen molar-refractivity contribution in [3.63, 3.8) is 0 Å². The van der Waals surface area contributed by atoms with E-state index in [1.165, 1.54) is 26.0 Å². The van der Waals surface area contributed by atoms with Gasteiger partial charge in [0.05, 0.1) is 6.61 Å². The molecule has 0 unspecified atom stereocenters. The van der Waals surface area contributed by atoms with E-state index in [2.05, 4.69) is 0 Å². The van der Waals surface area contributed by atoms with Gasteiger partial charge >= 0.3 is 5.97 Å². The van der Waals surface area contributed by atoms with Crippen molar-refractivity contribution in [2.75, 3.05) is 6.61 Å². The molecule has 2 aromatic carbocycles. The van der Waals surface area contributed by atoms with E-state index in [9.17, 15) is 18.7 Å². The summed E-state index contributed by atoms with van der Waals surface area (Å²) in [5.74, 6) is -1.80. The van der Waals surface area contributed by atoms with Crippen LogP contribution in [0, 0.1) is 11.6 Å². The van der Waals surface area contributed by atoms with Crippen LogP contribution in [0.2, 0.25) is 0 Å². The molecular formula is C18H16F2O4. The standard InChI is InChI=1S/C18H16F2O4/c1-18(2,17(21)22)24-16-9-15-10(3-4-23-15)7-14(16)11-5-12(19)8-13(20)6-11/h5-9H,3-4H2,1-2H3,(H,21,22). The van der Waals surface area contributed by atoms with Gasteiger partial charge in [-0.1, -0.05) is 0 Å². The number of hydrogen-bond acceptors (Lipinski definition) is 3. The van der Waals surface area contributed by atoms with Crippen LogP contribution < -0.4 is 9.47 Å². The maximum atomic E-state index is 13.6. The number of benzene rings is 2. The maximum Gasteiger partial charge on any atom is 0.347 e. The number of ether oxygens (including phenoxy) is 2. The number of aliphatic carboxylic acids is 1. The Morgan fingerprint density at radius 1 is 1.17 bits per heavy atom. The lowest BCUT2D eigenvalue weighted by Gasteiger charge is -2.24. The lowest BCUT2D eigenvalue weighted by atomic mass is 9.99. The van der Waals surface area contributed by atoms with Gasteiger partial charge in [-0.3, -0.25) is 0 Å². The Morgan fingerprint density at radius 3 is 2.46 bits per heavy atom. The molecule has 0 fully saturated rings. The summed E-state index contributed by atoms with van der Waals surface area (Å²) in [5.41, 5.74) is 0.0773. The third kappa shape index (κ3) is 3.04. The number of hydrogen-bond donors (Lipinski definition) is 1. The fourth-order valence-electron chi connectivity index (χ4n) is 2.54. The van der Waals surface area contributed by atoms with Gasteiger partial charge in [0.25, 0.3) is 0 Å². The van der Waals surface area contributed by atoms with Crippen molar-refractivity contribution in [3.8, 4) is 22.6 Å². The highest BCUT2D eigenvalue weighted by Crippen LogP contribution is 2.40. The summed E-state index contributed by atoms with van der Waals surface area (Å²) in [7, 11) is 0. The van der Waals surface area contributed by atoms with E-state index in [0.29, 0.717) is 24.3 Å². The summed E-state index contributed by atoms with van der Waals surface area (Å²) in [4.78, 5) is 11.3. The number of carboxylic acids is 1. The predicted octanol–water partition coefficient (Wildman–Crippen LogP) is 3.81. The SMILES string of the molecule is CC(C)(Oc1cc2c(cc1-c1cc(F)cc(F)c1)CCO2)C(=O)O. The molecule has 1 N–H and O–H groups in total. The maximum absolute atomic E-state index is 13.6. The van der Waals surface area contributed by atoms with Gasteiger partial charge in [-0.2, -0.15) is 0 Å². The molecule has 2 aromatic rings. The summed E-state index contributed by atoms with van der Waals surface area (Å²) in [5, 5.41) is 9.27. The van der Waals surface area contributed by atoms with Gasteiger partial charge in [0.2, 0.25) is 0 Å². The summed E-state index contributed by atoms with van der Waals surface area (Å²) in [6, 6.07) is 6.44. The van der Waals surface area contributed by atoms with Gasteiger partial charge in [-0.05, 0) is 43.2 Å². The zero-order valence-corrected chi connectivity index (χ0v) is 13.2. The Balaban J connectivity index is 2.15. The molecular weight excluding hydrogens is 318 g/mol. The molecule has 0 spiro atoms. The van der Waals surface area contributed by atoms with Gasteiger partial charge < -0.3 is 14.6 Å². The van der Waals surface area contributed by atoms with Gasteiger partial charge in [-0.15, -0.1) is 0 Å². The first-order valence-corrected chi connectivity index (χ1v) is 7.45. The molecule has 24 heavy (non-hydrogen) atoms. The Labute approximate surface area is 137 Å². The molecule has 1 aliphatic heterocycles. The van der Waals surface area contributed by atoms with Crippen molar-refractivity contribution in [1.82, 2.24) is 0 Å². The summed E-state index contributed by atoms with van der Waals surface area (Å²) in [6.45, 7) is 3.30. The Hall–Kier alpha value is -2.63. The summed E-state index contributed by atoms with van der Waals surface area (Å²) >= 11 is 0. The first-order valence-electron chi connectivity index (χ1n) is 7.45. The highest BCUT2D eigenvalue weighted by molar-refractivity contribution is 5.79. The topological polar surface area (TPSA) is 55.8 Å². The number of halogens is 2. The van der Waals surface area contributed by atoms with Crippen molar-refractivity contribution in [2.24, 2.45) is 0 Å². The molecule has 0 amide bonds. The Morgan fingerprint density at radius 2 is 1.83 bits per heavy atom. The van der Waals surface area contributed by atoms with Crippen molar-refractivity contribution < 1.29 is 28.2 Å². The van der Waals surface area contributed by atoms with E-state index < -0.39 is 23.2 Å². The second-order valence-electron chi connectivity index (χ2n) is 6.13. The molecule has 1 aliphatic rings. The minimum absolute atomic E-state index is 0.202. The smallest absolute Gasteiger partial charge is 0.347 e. The lowest BCUT2D eigenvalue weighted by Crippen LogP contribution is -2.38. The largest absolute Gasteiger partial charge is 0.493 e. The molecule has 0 atom stereocenters. The van der Waals surface area contributed by atoms with Crippen molar-refractivity contribution >= 4 is 5.97 Å². The zero-order chi connectivity index (χ0) is 17.5. The molecule has 6 heteroatoms. The first kappa shape index (κ1) is 16.2. The molecule has 0 radical (unpaired) electrons. The number of carboxylic acid groups (broad SMARTS) is 1. The van der Waals surface area contributed by atoms with Crippen LogP contribution >= 0.6 is 0 Å². The van der Waals surface area contributed by atoms with Crippen molar-refractivity contribution in [3.05, 3.63) is 47.5 Å². The van der Waals surface area contributed by atoms with Gasteiger partial charge in [0, 0.05) is 24.1 Å². The van der Waals surface area contributed by atoms with E-state index in [-0.39, 0.29) is 11.3 Å². The van der Waals surface area contributed by atoms with Gasteiger partial charge in [0.15, 0.2) is 5.60 Å². The highest BCUT2D eigenvalue weighted by Gasteiger charge is 2.31. The third-order valence-corrected chi connectivity index (χ3v) is 3.85. The molecule has 126 valence electrons. The van der Waals surface area contributed by atoms with E-state index in [1.54, 1.807) is 12.1 Å². The molecule has 3 rings (SSSR count). The van der Waals surface area contributed by atoms with Crippen LogP contribution in [0.4, 0.5) is 8.78 Å². The van der Waals surface area contributed by atoms with E-state index >= 15 is 0 Å². The average molecular weight is 334 g/mol. The Kier molecular flexibility index (Phi) is 3.91. The third-order valence-electron chi connectivity index (χ3n) is 3.85. The minimum atomic E-state index is -1.51. The van der Waals surface area contributed by atoms with Gasteiger partial charge in [-0.25, -0.2) is 13.6 Å². The minimum Gasteiger partial charge on any atom is -0.493 e. The van der Waals surface area contributed by atoms with Crippen LogP contribution in [-0.2, 0) is 11.2 Å². The fraction of sp³-hybridized carbons (Fsp3) is 0.278. The van der Waals surface area contributed by atoms with Crippen molar-refractivity contribution in [2.45, 2.75) is 25.9 Å². The van der Waals surface area contributed by atoms with Crippen LogP contribution in [0.15, 0.2) is 30.3 Å². The molecule has 0 bridgehead atoms. The quantitative estimate of drug-likeness (QED) is 0.924. The predicted molar refractivity (Wildman–Crippen MR) is 83.3 cm³/mol. The van der Waals surface area contributed by atoms with Crippen LogP contribution in [0.25, 0.3) is 11.1 Å². The lowest BCUT2D eigenvalue weighted by molar-refractivity contribution is -0.152. The number of rotatable bonds is 4. The number of carbonyl (C=O) groups is 1. The normalized spacial score (nSPS) is 13.3. The zero-order valence-electron chi connectivity index (χ0n) is 13.2. The number of fused-ring (bicyclic) bond motifs is 1. The molecule has 0 aliphatic carbocycles. The molecule has 4 nitrogen and oxygen atoms in total. The molecule has 0 aromatic heterocycles. The highest BCUT2D eigenvalue weighted by atomic mass is 19.1. The van der Waals surface area contributed by atoms with E-state index in [4.69, 9.17) is 9.47 Å².